The summed E-state index contributed by atoms with van der Waals surface area (Å²) in [5, 5.41) is 3.09. The topological polar surface area (TPSA) is 48.8 Å². The lowest BCUT2D eigenvalue weighted by Crippen LogP contribution is -2.39. The van der Waals surface area contributed by atoms with Gasteiger partial charge in [-0.3, -0.25) is 4.79 Å². The highest BCUT2D eigenvalue weighted by atomic mass is 19.1. The fourth-order valence-electron chi connectivity index (χ4n) is 3.07. The van der Waals surface area contributed by atoms with Crippen LogP contribution >= 0.6 is 0 Å². The number of hydrogen-bond acceptors (Lipinski definition) is 1. The number of aromatic amines is 1. The Labute approximate surface area is 146 Å². The summed E-state index contributed by atoms with van der Waals surface area (Å²) >= 11 is 0. The van der Waals surface area contributed by atoms with Crippen LogP contribution in [-0.2, 0) is 7.05 Å². The first-order valence-electron chi connectivity index (χ1n) is 8.63. The van der Waals surface area contributed by atoms with Crippen LogP contribution in [0.4, 0.5) is 4.39 Å². The zero-order valence-electron chi connectivity index (χ0n) is 14.6. The largest absolute Gasteiger partial charge is 0.338 e. The Morgan fingerprint density at radius 3 is 2.60 bits per heavy atom. The molecule has 1 atom stereocenters. The number of H-pyrrole nitrogens is 1. The van der Waals surface area contributed by atoms with Crippen LogP contribution in [0, 0.1) is 5.82 Å². The number of imidazole rings is 1. The van der Waals surface area contributed by atoms with Crippen molar-refractivity contribution in [1.82, 2.24) is 10.3 Å². The van der Waals surface area contributed by atoms with E-state index in [0.29, 0.717) is 5.56 Å². The lowest BCUT2D eigenvalue weighted by atomic mass is 10.1. The van der Waals surface area contributed by atoms with E-state index in [1.54, 1.807) is 0 Å². The van der Waals surface area contributed by atoms with E-state index < -0.39 is 0 Å². The molecule has 0 saturated carbocycles. The molecule has 0 fully saturated rings. The maximum absolute atomic E-state index is 13.1. The first-order valence-corrected chi connectivity index (χ1v) is 8.63. The maximum Gasteiger partial charge on any atom is 0.277 e. The number of carbonyl (C=O) groups is 1. The number of aryl methyl sites for hydroxylation is 1. The van der Waals surface area contributed by atoms with Crippen LogP contribution in [0.2, 0.25) is 0 Å². The van der Waals surface area contributed by atoms with E-state index in [-0.39, 0.29) is 17.8 Å². The van der Waals surface area contributed by atoms with Crippen molar-refractivity contribution in [2.45, 2.75) is 32.2 Å². The minimum absolute atomic E-state index is 0.130. The molecule has 1 amide bonds. The van der Waals surface area contributed by atoms with Gasteiger partial charge in [0.2, 0.25) is 0 Å². The van der Waals surface area contributed by atoms with Crippen LogP contribution < -0.4 is 9.88 Å². The number of amides is 1. The molecule has 0 aliphatic rings. The number of unbranched alkanes of at least 4 members (excludes halogenated alkanes) is 1. The van der Waals surface area contributed by atoms with E-state index in [1.165, 1.54) is 24.3 Å². The van der Waals surface area contributed by atoms with E-state index in [4.69, 9.17) is 0 Å². The molecule has 0 spiro atoms. The van der Waals surface area contributed by atoms with Gasteiger partial charge in [-0.2, -0.15) is 0 Å². The summed E-state index contributed by atoms with van der Waals surface area (Å²) in [6, 6.07) is 13.6. The van der Waals surface area contributed by atoms with Crippen molar-refractivity contribution < 1.29 is 13.8 Å². The lowest BCUT2D eigenvalue weighted by molar-refractivity contribution is -0.654. The minimum atomic E-state index is -0.346. The second-order valence-corrected chi connectivity index (χ2v) is 6.26. The number of rotatable bonds is 6. The van der Waals surface area contributed by atoms with Gasteiger partial charge in [0.15, 0.2) is 11.0 Å². The molecule has 0 aliphatic carbocycles. The molecule has 1 unspecified atom stereocenters. The third kappa shape index (κ3) is 3.71. The molecule has 2 aromatic carbocycles. The number of para-hydroxylation sites is 2. The van der Waals surface area contributed by atoms with Gasteiger partial charge in [-0.15, -0.1) is 0 Å². The SMILES string of the molecule is CCCCC(NC(=O)c1ccc(F)cc1)c1[nH]c2ccccc2[n+]1C. The molecule has 0 radical (unpaired) electrons. The zero-order valence-corrected chi connectivity index (χ0v) is 14.6. The van der Waals surface area contributed by atoms with Crippen LogP contribution in [0.1, 0.15) is 48.4 Å². The highest BCUT2D eigenvalue weighted by Gasteiger charge is 2.26. The molecule has 2 N–H and O–H groups in total. The summed E-state index contributed by atoms with van der Waals surface area (Å²) in [6.07, 6.45) is 2.89. The third-order valence-corrected chi connectivity index (χ3v) is 4.48. The van der Waals surface area contributed by atoms with E-state index in [0.717, 1.165) is 36.1 Å². The predicted molar refractivity (Wildman–Crippen MR) is 95.6 cm³/mol. The van der Waals surface area contributed by atoms with E-state index in [2.05, 4.69) is 21.8 Å². The Morgan fingerprint density at radius 2 is 1.92 bits per heavy atom. The van der Waals surface area contributed by atoms with Gasteiger partial charge in [0.1, 0.15) is 11.9 Å². The Bertz CT molecular complexity index is 870. The number of fused-ring (bicyclic) bond motifs is 1. The first-order chi connectivity index (χ1) is 12.1. The average molecular weight is 340 g/mol. The van der Waals surface area contributed by atoms with Crippen LogP contribution in [-0.4, -0.2) is 10.9 Å². The lowest BCUT2D eigenvalue weighted by Gasteiger charge is -2.15. The molecular weight excluding hydrogens is 317 g/mol. The van der Waals surface area contributed by atoms with Crippen LogP contribution in [0.25, 0.3) is 11.0 Å². The summed E-state index contributed by atoms with van der Waals surface area (Å²) < 4.78 is 15.2. The molecule has 3 rings (SSSR count). The Kier molecular flexibility index (Phi) is 5.12. The monoisotopic (exact) mass is 340 g/mol. The Hall–Kier alpha value is -2.69. The fraction of sp³-hybridized carbons (Fsp3) is 0.300. The first kappa shape index (κ1) is 17.1. The van der Waals surface area contributed by atoms with Gasteiger partial charge in [0.25, 0.3) is 11.7 Å². The van der Waals surface area contributed by atoms with E-state index >= 15 is 0 Å². The smallest absolute Gasteiger partial charge is 0.277 e. The molecule has 0 aliphatic heterocycles. The number of benzene rings is 2. The standard InChI is InChI=1S/C20H22FN3O/c1-3-4-7-17(23-20(25)14-10-12-15(21)13-11-14)19-22-16-8-5-6-9-18(16)24(19)2/h5-6,8-13,17H,3-4,7H2,1-2H3,(H,23,25)/p+1. The van der Waals surface area contributed by atoms with Gasteiger partial charge in [0.05, 0.1) is 7.05 Å². The molecule has 0 bridgehead atoms. The summed E-state index contributed by atoms with van der Waals surface area (Å²) in [4.78, 5) is 16.0. The molecule has 1 aromatic heterocycles. The summed E-state index contributed by atoms with van der Waals surface area (Å²) in [5.74, 6) is 0.422. The predicted octanol–water partition coefficient (Wildman–Crippen LogP) is 3.79. The van der Waals surface area contributed by atoms with E-state index in [1.807, 2.05) is 31.3 Å². The van der Waals surface area contributed by atoms with Gasteiger partial charge < -0.3 is 5.32 Å². The molecule has 130 valence electrons. The summed E-state index contributed by atoms with van der Waals surface area (Å²) in [6.45, 7) is 2.13. The zero-order chi connectivity index (χ0) is 17.8. The molecule has 3 aromatic rings. The molecule has 25 heavy (non-hydrogen) atoms. The summed E-state index contributed by atoms with van der Waals surface area (Å²) in [5.41, 5.74) is 2.59. The maximum atomic E-state index is 13.1. The number of hydrogen-bond donors (Lipinski definition) is 2. The van der Waals surface area contributed by atoms with Crippen molar-refractivity contribution in [3.05, 3.63) is 65.7 Å². The number of carbonyl (C=O) groups excluding carboxylic acids is 1. The van der Waals surface area contributed by atoms with Gasteiger partial charge in [-0.05, 0) is 42.8 Å². The second-order valence-electron chi connectivity index (χ2n) is 6.26. The van der Waals surface area contributed by atoms with Gasteiger partial charge in [-0.1, -0.05) is 31.9 Å². The quantitative estimate of drug-likeness (QED) is 0.659. The molecule has 5 heteroatoms. The van der Waals surface area contributed by atoms with Gasteiger partial charge >= 0.3 is 0 Å². The highest BCUT2D eigenvalue weighted by Crippen LogP contribution is 2.19. The molecular formula is C20H23FN3O+. The number of nitrogens with one attached hydrogen (secondary N) is 2. The second kappa shape index (κ2) is 7.47. The average Bonchev–Trinajstić information content (AvgIpc) is 2.96. The normalized spacial score (nSPS) is 12.3. The molecule has 0 saturated heterocycles. The van der Waals surface area contributed by atoms with Crippen molar-refractivity contribution in [2.24, 2.45) is 7.05 Å². The number of aromatic nitrogens is 2. The van der Waals surface area contributed by atoms with Gasteiger partial charge in [-0.25, -0.2) is 13.9 Å². The van der Waals surface area contributed by atoms with Crippen molar-refractivity contribution in [3.63, 3.8) is 0 Å². The minimum Gasteiger partial charge on any atom is -0.338 e. The van der Waals surface area contributed by atoms with Crippen LogP contribution in [0.5, 0.6) is 0 Å². The fourth-order valence-corrected chi connectivity index (χ4v) is 3.07. The van der Waals surface area contributed by atoms with Gasteiger partial charge in [0, 0.05) is 5.56 Å². The van der Waals surface area contributed by atoms with Crippen LogP contribution in [0.15, 0.2) is 48.5 Å². The summed E-state index contributed by atoms with van der Waals surface area (Å²) in [7, 11) is 2.00. The van der Waals surface area contributed by atoms with Crippen molar-refractivity contribution in [2.75, 3.05) is 0 Å². The number of nitrogens with zero attached hydrogens (tertiary/aromatic N) is 1. The third-order valence-electron chi connectivity index (χ3n) is 4.48. The van der Waals surface area contributed by atoms with E-state index in [9.17, 15) is 9.18 Å². The highest BCUT2D eigenvalue weighted by molar-refractivity contribution is 5.94. The van der Waals surface area contributed by atoms with Crippen LogP contribution in [0.3, 0.4) is 0 Å². The van der Waals surface area contributed by atoms with Crippen molar-refractivity contribution in [3.8, 4) is 0 Å². The van der Waals surface area contributed by atoms with Crippen molar-refractivity contribution in [1.29, 1.82) is 0 Å². The molecule has 4 nitrogen and oxygen atoms in total. The Morgan fingerprint density at radius 1 is 1.20 bits per heavy atom. The Balaban J connectivity index is 1.89. The molecule has 1 heterocycles. The number of halogens is 1. The van der Waals surface area contributed by atoms with Crippen molar-refractivity contribution >= 4 is 16.9 Å².